The number of aromatic amines is 1. The molecule has 17 heteroatoms. The van der Waals surface area contributed by atoms with Crippen LogP contribution in [-0.4, -0.2) is 77.3 Å². The van der Waals surface area contributed by atoms with E-state index >= 15 is 0 Å². The predicted molar refractivity (Wildman–Crippen MR) is 102 cm³/mol. The molecule has 1 aliphatic rings. The molecule has 2 aromatic rings. The van der Waals surface area contributed by atoms with Crippen LogP contribution in [0.4, 0.5) is 5.95 Å². The van der Waals surface area contributed by atoms with Crippen LogP contribution in [0.15, 0.2) is 11.1 Å². The summed E-state index contributed by atoms with van der Waals surface area (Å²) < 4.78 is 27.5. The van der Waals surface area contributed by atoms with E-state index in [0.29, 0.717) is 0 Å². The number of imidazole rings is 1. The van der Waals surface area contributed by atoms with E-state index in [1.807, 2.05) is 0 Å². The number of hydrogen-bond donors (Lipinski definition) is 7. The number of nitrogen functional groups attached to an aromatic ring is 1. The van der Waals surface area contributed by atoms with Crippen molar-refractivity contribution in [2.75, 3.05) is 18.1 Å². The summed E-state index contributed by atoms with van der Waals surface area (Å²) in [5.74, 6) is -1.54. The van der Waals surface area contributed by atoms with Crippen molar-refractivity contribution in [3.63, 3.8) is 0 Å². The van der Waals surface area contributed by atoms with E-state index in [0.717, 1.165) is 6.33 Å². The number of carbonyl (C=O) groups excluding carboxylic acids is 1. The summed E-state index contributed by atoms with van der Waals surface area (Å²) in [5.41, 5.74) is 10.1. The Labute approximate surface area is 173 Å². The van der Waals surface area contributed by atoms with E-state index in [4.69, 9.17) is 16.2 Å². The number of phosphoric ester groups is 1. The molecule has 1 saturated heterocycles. The SMILES string of the molecule is Nc1nc2c(ncn2[C@@H]2O[C@H](COP(=O)(O)OC(=O)[C@@H](N)CS)[C@@H](O)[C@H]2O)c(=O)[nH]1. The normalized spacial score (nSPS) is 27.1. The van der Waals surface area contributed by atoms with Crippen molar-refractivity contribution in [3.05, 3.63) is 16.7 Å². The fourth-order valence-corrected chi connectivity index (χ4v) is 3.58. The zero-order valence-electron chi connectivity index (χ0n) is 15.1. The molecule has 0 radical (unpaired) electrons. The third-order valence-corrected chi connectivity index (χ3v) is 5.45. The van der Waals surface area contributed by atoms with Crippen LogP contribution >= 0.6 is 20.5 Å². The number of rotatable bonds is 7. The van der Waals surface area contributed by atoms with Gasteiger partial charge in [-0.25, -0.2) is 14.3 Å². The lowest BCUT2D eigenvalue weighted by Crippen LogP contribution is -2.35. The first-order valence-corrected chi connectivity index (χ1v) is 10.5. The third kappa shape index (κ3) is 4.50. The van der Waals surface area contributed by atoms with Gasteiger partial charge >= 0.3 is 13.8 Å². The van der Waals surface area contributed by atoms with Gasteiger partial charge in [0.05, 0.1) is 12.9 Å². The summed E-state index contributed by atoms with van der Waals surface area (Å²) in [7, 11) is -4.88. The van der Waals surface area contributed by atoms with Crippen molar-refractivity contribution in [2.24, 2.45) is 5.73 Å². The highest BCUT2D eigenvalue weighted by atomic mass is 32.1. The van der Waals surface area contributed by atoms with Gasteiger partial charge in [0, 0.05) is 5.75 Å². The lowest BCUT2D eigenvalue weighted by atomic mass is 10.1. The Morgan fingerprint density at radius 2 is 2.17 bits per heavy atom. The Kier molecular flexibility index (Phi) is 6.49. The van der Waals surface area contributed by atoms with E-state index in [9.17, 15) is 29.3 Å². The van der Waals surface area contributed by atoms with E-state index in [1.165, 1.54) is 4.57 Å². The monoisotopic (exact) mass is 466 g/mol. The maximum absolute atomic E-state index is 11.9. The Morgan fingerprint density at radius 3 is 2.83 bits per heavy atom. The van der Waals surface area contributed by atoms with Crippen molar-refractivity contribution >= 4 is 43.5 Å². The second-order valence-corrected chi connectivity index (χ2v) is 8.03. The minimum atomic E-state index is -4.88. The molecule has 3 heterocycles. The summed E-state index contributed by atoms with van der Waals surface area (Å²) in [6, 6.07) is -1.24. The number of ether oxygens (including phenoxy) is 1. The number of nitrogens with one attached hydrogen (secondary N) is 1. The van der Waals surface area contributed by atoms with Gasteiger partial charge < -0.3 is 30.9 Å². The molecule has 1 unspecified atom stereocenters. The van der Waals surface area contributed by atoms with Gasteiger partial charge in [-0.05, 0) is 0 Å². The van der Waals surface area contributed by atoms with Crippen molar-refractivity contribution in [2.45, 2.75) is 30.6 Å². The average molecular weight is 466 g/mol. The Balaban J connectivity index is 1.72. The fraction of sp³-hybridized carbons (Fsp3) is 0.538. The number of hydrogen-bond acceptors (Lipinski definition) is 13. The molecule has 166 valence electrons. The van der Waals surface area contributed by atoms with Gasteiger partial charge in [-0.1, -0.05) is 0 Å². The summed E-state index contributed by atoms with van der Waals surface area (Å²) in [6.45, 7) is -0.728. The maximum Gasteiger partial charge on any atom is 0.529 e. The van der Waals surface area contributed by atoms with E-state index in [2.05, 4.69) is 36.6 Å². The molecule has 0 aliphatic carbocycles. The minimum Gasteiger partial charge on any atom is -0.387 e. The molecule has 8 N–H and O–H groups in total. The number of aliphatic hydroxyl groups excluding tert-OH is 2. The van der Waals surface area contributed by atoms with Crippen LogP contribution in [0, 0.1) is 0 Å². The molecule has 1 aliphatic heterocycles. The van der Waals surface area contributed by atoms with E-state index in [1.54, 1.807) is 0 Å². The number of nitrogens with two attached hydrogens (primary N) is 2. The van der Waals surface area contributed by atoms with E-state index in [-0.39, 0.29) is 22.9 Å². The molecular weight excluding hydrogens is 447 g/mol. The topological polar surface area (TPSA) is 238 Å². The Hall–Kier alpha value is -2.04. The predicted octanol–water partition coefficient (Wildman–Crippen LogP) is -2.76. The largest absolute Gasteiger partial charge is 0.529 e. The Bertz CT molecular complexity index is 1050. The Morgan fingerprint density at radius 1 is 1.47 bits per heavy atom. The highest BCUT2D eigenvalue weighted by Crippen LogP contribution is 2.44. The number of phosphoric acid groups is 1. The molecule has 0 saturated carbocycles. The molecule has 0 bridgehead atoms. The molecule has 0 amide bonds. The van der Waals surface area contributed by atoms with Gasteiger partial charge in [-0.15, -0.1) is 0 Å². The van der Waals surface area contributed by atoms with Crippen LogP contribution in [0.5, 0.6) is 0 Å². The lowest BCUT2D eigenvalue weighted by molar-refractivity contribution is -0.137. The second kappa shape index (κ2) is 8.60. The van der Waals surface area contributed by atoms with Crippen molar-refractivity contribution < 1.29 is 38.3 Å². The molecule has 0 aromatic carbocycles. The maximum atomic E-state index is 11.9. The first-order valence-electron chi connectivity index (χ1n) is 8.35. The van der Waals surface area contributed by atoms with Crippen molar-refractivity contribution in [3.8, 4) is 0 Å². The highest BCUT2D eigenvalue weighted by Gasteiger charge is 2.45. The molecule has 3 rings (SSSR count). The molecule has 0 spiro atoms. The number of fused-ring (bicyclic) bond motifs is 1. The molecular formula is C13H19N6O9PS. The number of carbonyl (C=O) groups is 1. The molecule has 6 atom stereocenters. The van der Waals surface area contributed by atoms with Gasteiger partial charge in [-0.3, -0.25) is 23.8 Å². The van der Waals surface area contributed by atoms with Gasteiger partial charge in [0.25, 0.3) is 5.56 Å². The smallest absolute Gasteiger partial charge is 0.387 e. The summed E-state index contributed by atoms with van der Waals surface area (Å²) in [4.78, 5) is 43.1. The van der Waals surface area contributed by atoms with Crippen LogP contribution in [0.25, 0.3) is 11.2 Å². The molecule has 30 heavy (non-hydrogen) atoms. The van der Waals surface area contributed by atoms with Crippen LogP contribution in [0.1, 0.15) is 6.23 Å². The van der Waals surface area contributed by atoms with Crippen LogP contribution < -0.4 is 17.0 Å². The quantitative estimate of drug-likeness (QED) is 0.162. The number of H-pyrrole nitrogens is 1. The van der Waals surface area contributed by atoms with Crippen LogP contribution in [0.3, 0.4) is 0 Å². The van der Waals surface area contributed by atoms with Crippen molar-refractivity contribution in [1.29, 1.82) is 0 Å². The fourth-order valence-electron chi connectivity index (χ4n) is 2.68. The minimum absolute atomic E-state index is 0.0171. The van der Waals surface area contributed by atoms with Crippen LogP contribution in [0.2, 0.25) is 0 Å². The number of nitrogens with zero attached hydrogens (tertiary/aromatic N) is 3. The van der Waals surface area contributed by atoms with Gasteiger partial charge in [0.1, 0.15) is 24.4 Å². The lowest BCUT2D eigenvalue weighted by Gasteiger charge is -2.18. The number of anilines is 1. The first-order chi connectivity index (χ1) is 14.0. The van der Waals surface area contributed by atoms with Crippen molar-refractivity contribution in [1.82, 2.24) is 19.5 Å². The van der Waals surface area contributed by atoms with E-state index < -0.39 is 56.5 Å². The summed E-state index contributed by atoms with van der Waals surface area (Å²) >= 11 is 3.77. The first kappa shape index (κ1) is 22.6. The molecule has 1 fully saturated rings. The zero-order chi connectivity index (χ0) is 22.2. The number of aromatic nitrogens is 4. The number of aliphatic hydroxyl groups is 2. The summed E-state index contributed by atoms with van der Waals surface area (Å²) in [6.07, 6.45) is -4.54. The highest BCUT2D eigenvalue weighted by molar-refractivity contribution is 7.80. The number of thiol groups is 1. The second-order valence-electron chi connectivity index (χ2n) is 6.29. The third-order valence-electron chi connectivity index (χ3n) is 4.17. The zero-order valence-corrected chi connectivity index (χ0v) is 16.8. The summed E-state index contributed by atoms with van der Waals surface area (Å²) in [5, 5.41) is 20.5. The van der Waals surface area contributed by atoms with Gasteiger partial charge in [0.15, 0.2) is 17.4 Å². The van der Waals surface area contributed by atoms with Crippen LogP contribution in [-0.2, 0) is 23.1 Å². The average Bonchev–Trinajstić information content (AvgIpc) is 3.21. The molecule has 2 aromatic heterocycles. The standard InChI is InChI=1S/C13H19N6O9PS/c14-4(2-30)12(23)28-29(24,25)26-1-5-7(20)8(21)11(27-5)19-3-16-6-9(19)17-13(15)18-10(6)22/h3-5,7-8,11,20-21,30H,1-2,14H2,(H,24,25)(H3,15,17,18,22)/t4-,5+,7+,8+,11+/m0/s1. The van der Waals surface area contributed by atoms with Gasteiger partial charge in [-0.2, -0.15) is 17.6 Å². The molecule has 15 nitrogen and oxygen atoms in total. The van der Waals surface area contributed by atoms with Gasteiger partial charge in [0.2, 0.25) is 5.95 Å².